The SMILES string of the molecule is CCc1cc(-c2cnn(Cc3ccc(C)cc3)c2)ccc1N(C)c1cc2c(cn1)ncn2C. The third kappa shape index (κ3) is 4.12. The molecule has 0 N–H and O–H groups in total. The van der Waals surface area contributed by atoms with E-state index in [1.54, 1.807) is 0 Å². The summed E-state index contributed by atoms with van der Waals surface area (Å²) in [5.41, 5.74) is 9.22. The maximum atomic E-state index is 4.64. The van der Waals surface area contributed by atoms with Crippen molar-refractivity contribution < 1.29 is 0 Å². The lowest BCUT2D eigenvalue weighted by molar-refractivity contribution is 0.687. The smallest absolute Gasteiger partial charge is 0.134 e. The van der Waals surface area contributed by atoms with Crippen molar-refractivity contribution in [3.05, 3.63) is 90.1 Å². The maximum Gasteiger partial charge on any atom is 0.134 e. The van der Waals surface area contributed by atoms with E-state index >= 15 is 0 Å². The minimum atomic E-state index is 0.768. The van der Waals surface area contributed by atoms with Crippen LogP contribution in [-0.2, 0) is 20.0 Å². The Morgan fingerprint density at radius 3 is 2.55 bits per heavy atom. The first kappa shape index (κ1) is 20.9. The third-order valence-electron chi connectivity index (χ3n) is 6.19. The van der Waals surface area contributed by atoms with Gasteiger partial charge in [-0.15, -0.1) is 0 Å². The lowest BCUT2D eigenvalue weighted by atomic mass is 10.0. The van der Waals surface area contributed by atoms with Crippen LogP contribution in [0.4, 0.5) is 11.5 Å². The molecule has 0 saturated heterocycles. The summed E-state index contributed by atoms with van der Waals surface area (Å²) in [6.07, 6.45) is 8.66. The second-order valence-corrected chi connectivity index (χ2v) is 8.55. The minimum Gasteiger partial charge on any atom is -0.334 e. The van der Waals surface area contributed by atoms with Gasteiger partial charge in [-0.3, -0.25) is 4.68 Å². The van der Waals surface area contributed by atoms with Crippen LogP contribution < -0.4 is 4.90 Å². The predicted octanol–water partition coefficient (Wildman–Crippen LogP) is 5.52. The third-order valence-corrected chi connectivity index (χ3v) is 6.19. The highest BCUT2D eigenvalue weighted by Gasteiger charge is 2.13. The summed E-state index contributed by atoms with van der Waals surface area (Å²) < 4.78 is 4.02. The van der Waals surface area contributed by atoms with E-state index in [-0.39, 0.29) is 0 Å². The molecule has 5 aromatic rings. The highest BCUT2D eigenvalue weighted by Crippen LogP contribution is 2.31. The van der Waals surface area contributed by atoms with Gasteiger partial charge in [0, 0.05) is 37.6 Å². The Balaban J connectivity index is 1.41. The van der Waals surface area contributed by atoms with E-state index in [9.17, 15) is 0 Å². The van der Waals surface area contributed by atoms with Crippen molar-refractivity contribution in [3.63, 3.8) is 0 Å². The number of imidazole rings is 1. The lowest BCUT2D eigenvalue weighted by Crippen LogP contribution is -2.13. The number of hydrogen-bond donors (Lipinski definition) is 0. The number of fused-ring (bicyclic) bond motifs is 1. The fraction of sp³-hybridized carbons (Fsp3) is 0.222. The molecule has 3 heterocycles. The fourth-order valence-electron chi connectivity index (χ4n) is 4.18. The Morgan fingerprint density at radius 1 is 0.939 bits per heavy atom. The lowest BCUT2D eigenvalue weighted by Gasteiger charge is -2.22. The summed E-state index contributed by atoms with van der Waals surface area (Å²) in [5, 5.41) is 4.59. The summed E-state index contributed by atoms with van der Waals surface area (Å²) in [6, 6.07) is 17.3. The predicted molar refractivity (Wildman–Crippen MR) is 134 cm³/mol. The van der Waals surface area contributed by atoms with Gasteiger partial charge >= 0.3 is 0 Å². The van der Waals surface area contributed by atoms with Crippen LogP contribution in [0.15, 0.2) is 73.4 Å². The molecule has 0 amide bonds. The summed E-state index contributed by atoms with van der Waals surface area (Å²) in [4.78, 5) is 11.2. The van der Waals surface area contributed by atoms with Crippen molar-refractivity contribution in [1.82, 2.24) is 24.3 Å². The van der Waals surface area contributed by atoms with Crippen LogP contribution in [0.2, 0.25) is 0 Å². The van der Waals surface area contributed by atoms with Gasteiger partial charge in [0.15, 0.2) is 0 Å². The van der Waals surface area contributed by atoms with Gasteiger partial charge in [-0.25, -0.2) is 9.97 Å². The molecule has 0 spiro atoms. The Hall–Kier alpha value is -3.93. The van der Waals surface area contributed by atoms with E-state index < -0.39 is 0 Å². The number of pyridine rings is 1. The first-order chi connectivity index (χ1) is 16.0. The van der Waals surface area contributed by atoms with Gasteiger partial charge in [-0.05, 0) is 42.2 Å². The number of benzene rings is 2. The Kier molecular flexibility index (Phi) is 5.42. The highest BCUT2D eigenvalue weighted by atomic mass is 15.3. The Labute approximate surface area is 194 Å². The molecule has 0 fully saturated rings. The number of rotatable bonds is 6. The van der Waals surface area contributed by atoms with Crippen LogP contribution in [0.5, 0.6) is 0 Å². The van der Waals surface area contributed by atoms with Crippen molar-refractivity contribution in [1.29, 1.82) is 0 Å². The molecule has 6 heteroatoms. The van der Waals surface area contributed by atoms with Gasteiger partial charge in [0.05, 0.1) is 30.8 Å². The first-order valence-electron chi connectivity index (χ1n) is 11.2. The summed E-state index contributed by atoms with van der Waals surface area (Å²) in [7, 11) is 4.07. The molecule has 6 nitrogen and oxygen atoms in total. The number of anilines is 2. The summed E-state index contributed by atoms with van der Waals surface area (Å²) >= 11 is 0. The molecule has 33 heavy (non-hydrogen) atoms. The summed E-state index contributed by atoms with van der Waals surface area (Å²) in [5.74, 6) is 0.902. The van der Waals surface area contributed by atoms with Gasteiger partial charge in [-0.1, -0.05) is 42.8 Å². The standard InChI is InChI=1S/C27H28N6/c1-5-21-12-22(23-14-30-33(17-23)16-20-8-6-19(2)7-9-20)10-11-25(21)32(4)27-13-26-24(15-28-27)29-18-31(26)3/h6-15,17-18H,5,16H2,1-4H3. The second-order valence-electron chi connectivity index (χ2n) is 8.55. The zero-order chi connectivity index (χ0) is 22.9. The number of aryl methyl sites for hydroxylation is 3. The topological polar surface area (TPSA) is 51.8 Å². The number of aromatic nitrogens is 5. The minimum absolute atomic E-state index is 0.768. The van der Waals surface area contributed by atoms with Gasteiger partial charge in [-0.2, -0.15) is 5.10 Å². The highest BCUT2D eigenvalue weighted by molar-refractivity contribution is 5.79. The zero-order valence-electron chi connectivity index (χ0n) is 19.5. The second kappa shape index (κ2) is 8.54. The van der Waals surface area contributed by atoms with Gasteiger partial charge in [0.25, 0.3) is 0 Å². The molecule has 0 saturated carbocycles. The van der Waals surface area contributed by atoms with Crippen molar-refractivity contribution in [2.45, 2.75) is 26.8 Å². The molecule has 166 valence electrons. The Bertz CT molecular complexity index is 1410. The summed E-state index contributed by atoms with van der Waals surface area (Å²) in [6.45, 7) is 5.06. The van der Waals surface area contributed by atoms with E-state index in [2.05, 4.69) is 95.6 Å². The molecule has 0 bridgehead atoms. The molecule has 5 rings (SSSR count). The van der Waals surface area contributed by atoms with Crippen LogP contribution in [0.1, 0.15) is 23.6 Å². The quantitative estimate of drug-likeness (QED) is 0.352. The Morgan fingerprint density at radius 2 is 1.76 bits per heavy atom. The normalized spacial score (nSPS) is 11.3. The van der Waals surface area contributed by atoms with Gasteiger partial charge in [0.1, 0.15) is 11.3 Å². The van der Waals surface area contributed by atoms with Crippen LogP contribution in [0, 0.1) is 6.92 Å². The maximum absolute atomic E-state index is 4.64. The average molecular weight is 437 g/mol. The molecule has 0 radical (unpaired) electrons. The van der Waals surface area contributed by atoms with E-state index in [4.69, 9.17) is 0 Å². The zero-order valence-corrected chi connectivity index (χ0v) is 19.5. The molecular weight excluding hydrogens is 408 g/mol. The van der Waals surface area contributed by atoms with Gasteiger partial charge < -0.3 is 9.47 Å². The molecule has 0 aliphatic carbocycles. The molecule has 0 aliphatic rings. The van der Waals surface area contributed by atoms with E-state index in [1.807, 2.05) is 35.0 Å². The monoisotopic (exact) mass is 436 g/mol. The molecule has 2 aromatic carbocycles. The molecular formula is C27H28N6. The van der Waals surface area contributed by atoms with Crippen LogP contribution >= 0.6 is 0 Å². The number of nitrogens with zero attached hydrogens (tertiary/aromatic N) is 6. The number of hydrogen-bond acceptors (Lipinski definition) is 4. The molecule has 0 aliphatic heterocycles. The van der Waals surface area contributed by atoms with Crippen molar-refractivity contribution >= 4 is 22.5 Å². The molecule has 3 aromatic heterocycles. The first-order valence-corrected chi connectivity index (χ1v) is 11.2. The van der Waals surface area contributed by atoms with Crippen LogP contribution in [0.25, 0.3) is 22.2 Å². The van der Waals surface area contributed by atoms with E-state index in [0.717, 1.165) is 41.1 Å². The van der Waals surface area contributed by atoms with Crippen molar-refractivity contribution in [2.75, 3.05) is 11.9 Å². The van der Waals surface area contributed by atoms with Crippen LogP contribution in [0.3, 0.4) is 0 Å². The van der Waals surface area contributed by atoms with Gasteiger partial charge in [0.2, 0.25) is 0 Å². The largest absolute Gasteiger partial charge is 0.334 e. The average Bonchev–Trinajstić information content (AvgIpc) is 3.46. The van der Waals surface area contributed by atoms with E-state index in [1.165, 1.54) is 22.3 Å². The fourth-order valence-corrected chi connectivity index (χ4v) is 4.18. The molecule has 0 unspecified atom stereocenters. The van der Waals surface area contributed by atoms with E-state index in [0.29, 0.717) is 0 Å². The van der Waals surface area contributed by atoms with Crippen LogP contribution in [-0.4, -0.2) is 31.4 Å². The van der Waals surface area contributed by atoms with Crippen molar-refractivity contribution in [3.8, 4) is 11.1 Å². The van der Waals surface area contributed by atoms with Crippen molar-refractivity contribution in [2.24, 2.45) is 7.05 Å². The molecule has 0 atom stereocenters.